The van der Waals surface area contributed by atoms with E-state index in [4.69, 9.17) is 4.74 Å². The predicted octanol–water partition coefficient (Wildman–Crippen LogP) is 1.42. The molecular formula is C17H26N2O4S. The summed E-state index contributed by atoms with van der Waals surface area (Å²) < 4.78 is 29.9. The van der Waals surface area contributed by atoms with Crippen LogP contribution in [0.1, 0.15) is 24.8 Å². The van der Waals surface area contributed by atoms with Crippen LogP contribution < -0.4 is 10.1 Å². The van der Waals surface area contributed by atoms with E-state index in [1.165, 1.54) is 10.6 Å². The lowest BCUT2D eigenvalue weighted by Crippen LogP contribution is -2.45. The maximum atomic E-state index is 12.2. The van der Waals surface area contributed by atoms with Gasteiger partial charge in [0, 0.05) is 19.6 Å². The molecule has 1 fully saturated rings. The quantitative estimate of drug-likeness (QED) is 0.752. The molecule has 0 radical (unpaired) electrons. The van der Waals surface area contributed by atoms with Gasteiger partial charge in [-0.15, -0.1) is 0 Å². The van der Waals surface area contributed by atoms with E-state index in [2.05, 4.69) is 5.32 Å². The van der Waals surface area contributed by atoms with Crippen LogP contribution in [-0.2, 0) is 21.2 Å². The van der Waals surface area contributed by atoms with Gasteiger partial charge >= 0.3 is 0 Å². The van der Waals surface area contributed by atoms with Crippen LogP contribution in [0.3, 0.4) is 0 Å². The zero-order valence-corrected chi connectivity index (χ0v) is 15.1. The first-order valence-corrected chi connectivity index (χ1v) is 10.1. The smallest absolute Gasteiger partial charge is 0.224 e. The summed E-state index contributed by atoms with van der Waals surface area (Å²) in [4.78, 5) is 12.2. The standard InChI is InChI=1S/C17H26N2O4S/c1-23-16-10-4-3-7-14(16)8-5-11-18-17(20)15-9-6-12-19(13-15)24(2,21)22/h3-4,7,10,15H,5-6,8-9,11-13H2,1-2H3,(H,18,20). The number of carbonyl (C=O) groups excluding carboxylic acids is 1. The highest BCUT2D eigenvalue weighted by molar-refractivity contribution is 7.88. The number of piperidine rings is 1. The van der Waals surface area contributed by atoms with Gasteiger partial charge in [0.15, 0.2) is 0 Å². The van der Waals surface area contributed by atoms with Crippen molar-refractivity contribution in [3.8, 4) is 5.75 Å². The van der Waals surface area contributed by atoms with Crippen LogP contribution in [0.15, 0.2) is 24.3 Å². The fraction of sp³-hybridized carbons (Fsp3) is 0.588. The van der Waals surface area contributed by atoms with Gasteiger partial charge in [0.25, 0.3) is 0 Å². The zero-order valence-electron chi connectivity index (χ0n) is 14.3. The molecule has 1 N–H and O–H groups in total. The molecular weight excluding hydrogens is 328 g/mol. The van der Waals surface area contributed by atoms with Gasteiger partial charge in [-0.3, -0.25) is 4.79 Å². The average Bonchev–Trinajstić information content (AvgIpc) is 2.58. The monoisotopic (exact) mass is 354 g/mol. The molecule has 1 amide bonds. The third-order valence-corrected chi connectivity index (χ3v) is 5.61. The van der Waals surface area contributed by atoms with E-state index in [-0.39, 0.29) is 18.4 Å². The molecule has 0 spiro atoms. The lowest BCUT2D eigenvalue weighted by Gasteiger charge is -2.30. The Labute approximate surface area is 144 Å². The van der Waals surface area contributed by atoms with Gasteiger partial charge in [-0.25, -0.2) is 12.7 Å². The number of amides is 1. The zero-order chi connectivity index (χ0) is 17.6. The second-order valence-electron chi connectivity index (χ2n) is 6.17. The van der Waals surface area contributed by atoms with E-state index < -0.39 is 10.0 Å². The first kappa shape index (κ1) is 18.7. The summed E-state index contributed by atoms with van der Waals surface area (Å²) in [6.07, 6.45) is 4.30. The van der Waals surface area contributed by atoms with Crippen molar-refractivity contribution < 1.29 is 17.9 Å². The van der Waals surface area contributed by atoms with Gasteiger partial charge in [-0.1, -0.05) is 18.2 Å². The highest BCUT2D eigenvalue weighted by atomic mass is 32.2. The number of ether oxygens (including phenoxy) is 1. The van der Waals surface area contributed by atoms with Crippen molar-refractivity contribution in [3.05, 3.63) is 29.8 Å². The van der Waals surface area contributed by atoms with Gasteiger partial charge in [-0.2, -0.15) is 0 Å². The summed E-state index contributed by atoms with van der Waals surface area (Å²) in [5.74, 6) is 0.558. The number of methoxy groups -OCH3 is 1. The number of para-hydroxylation sites is 1. The van der Waals surface area contributed by atoms with Crippen molar-refractivity contribution in [1.29, 1.82) is 0 Å². The molecule has 7 heteroatoms. The van der Waals surface area contributed by atoms with Crippen LogP contribution in [0.4, 0.5) is 0 Å². The molecule has 1 aromatic carbocycles. The number of benzene rings is 1. The predicted molar refractivity (Wildman–Crippen MR) is 93.5 cm³/mol. The molecule has 0 aliphatic carbocycles. The molecule has 134 valence electrons. The highest BCUT2D eigenvalue weighted by Crippen LogP contribution is 2.20. The van der Waals surface area contributed by atoms with Crippen molar-refractivity contribution >= 4 is 15.9 Å². The molecule has 1 unspecified atom stereocenters. The van der Waals surface area contributed by atoms with Crippen LogP contribution in [0.5, 0.6) is 5.75 Å². The Morgan fingerprint density at radius 3 is 2.83 bits per heavy atom. The normalized spacial score (nSPS) is 19.0. The molecule has 6 nitrogen and oxygen atoms in total. The molecule has 1 saturated heterocycles. The second kappa shape index (κ2) is 8.48. The molecule has 1 aromatic rings. The van der Waals surface area contributed by atoms with E-state index in [1.807, 2.05) is 24.3 Å². The summed E-state index contributed by atoms with van der Waals surface area (Å²) in [6, 6.07) is 7.85. The summed E-state index contributed by atoms with van der Waals surface area (Å²) in [6.45, 7) is 1.37. The number of carbonyl (C=O) groups is 1. The average molecular weight is 354 g/mol. The number of nitrogens with one attached hydrogen (secondary N) is 1. The van der Waals surface area contributed by atoms with Crippen molar-refractivity contribution in [1.82, 2.24) is 9.62 Å². The van der Waals surface area contributed by atoms with Crippen molar-refractivity contribution in [2.75, 3.05) is 33.0 Å². The molecule has 1 aliphatic heterocycles. The van der Waals surface area contributed by atoms with Crippen LogP contribution in [-0.4, -0.2) is 51.6 Å². The summed E-state index contributed by atoms with van der Waals surface area (Å²) in [5.41, 5.74) is 1.12. The first-order chi connectivity index (χ1) is 11.4. The Balaban J connectivity index is 1.77. The van der Waals surface area contributed by atoms with E-state index >= 15 is 0 Å². The number of rotatable bonds is 7. The summed E-state index contributed by atoms with van der Waals surface area (Å²) >= 11 is 0. The molecule has 0 saturated carbocycles. The molecule has 24 heavy (non-hydrogen) atoms. The van der Waals surface area contributed by atoms with Crippen molar-refractivity contribution in [2.45, 2.75) is 25.7 Å². The van der Waals surface area contributed by atoms with Gasteiger partial charge in [0.05, 0.1) is 19.3 Å². The van der Waals surface area contributed by atoms with E-state index in [0.717, 1.165) is 37.0 Å². The van der Waals surface area contributed by atoms with Crippen LogP contribution in [0.25, 0.3) is 0 Å². The van der Waals surface area contributed by atoms with Gasteiger partial charge in [0.2, 0.25) is 15.9 Å². The lowest BCUT2D eigenvalue weighted by molar-refractivity contribution is -0.126. The topological polar surface area (TPSA) is 75.7 Å². The summed E-state index contributed by atoms with van der Waals surface area (Å²) in [7, 11) is -1.57. The fourth-order valence-electron chi connectivity index (χ4n) is 3.00. The number of nitrogens with zero attached hydrogens (tertiary/aromatic N) is 1. The van der Waals surface area contributed by atoms with Crippen LogP contribution in [0, 0.1) is 5.92 Å². The molecule has 1 aliphatic rings. The number of hydrogen-bond donors (Lipinski definition) is 1. The minimum Gasteiger partial charge on any atom is -0.496 e. The summed E-state index contributed by atoms with van der Waals surface area (Å²) in [5, 5.41) is 2.93. The Kier molecular flexibility index (Phi) is 6.62. The van der Waals surface area contributed by atoms with Crippen molar-refractivity contribution in [2.24, 2.45) is 5.92 Å². The van der Waals surface area contributed by atoms with Crippen LogP contribution >= 0.6 is 0 Å². The number of aryl methyl sites for hydroxylation is 1. The SMILES string of the molecule is COc1ccccc1CCCNC(=O)C1CCCN(S(C)(=O)=O)C1. The largest absolute Gasteiger partial charge is 0.496 e. The molecule has 0 aromatic heterocycles. The minimum absolute atomic E-state index is 0.0524. The van der Waals surface area contributed by atoms with E-state index in [0.29, 0.717) is 13.1 Å². The van der Waals surface area contributed by atoms with Crippen LogP contribution in [0.2, 0.25) is 0 Å². The third kappa shape index (κ3) is 5.21. The Morgan fingerprint density at radius 1 is 1.38 bits per heavy atom. The maximum Gasteiger partial charge on any atom is 0.224 e. The first-order valence-electron chi connectivity index (χ1n) is 8.26. The van der Waals surface area contributed by atoms with Gasteiger partial charge < -0.3 is 10.1 Å². The second-order valence-corrected chi connectivity index (χ2v) is 8.15. The lowest BCUT2D eigenvalue weighted by atomic mass is 9.99. The van der Waals surface area contributed by atoms with E-state index in [9.17, 15) is 13.2 Å². The minimum atomic E-state index is -3.22. The van der Waals surface area contributed by atoms with E-state index in [1.54, 1.807) is 7.11 Å². The fourth-order valence-corrected chi connectivity index (χ4v) is 3.91. The highest BCUT2D eigenvalue weighted by Gasteiger charge is 2.29. The maximum absolute atomic E-state index is 12.2. The number of hydrogen-bond acceptors (Lipinski definition) is 4. The van der Waals surface area contributed by atoms with Gasteiger partial charge in [-0.05, 0) is 37.3 Å². The molecule has 0 bridgehead atoms. The Hall–Kier alpha value is -1.60. The molecule has 2 rings (SSSR count). The Morgan fingerprint density at radius 2 is 2.12 bits per heavy atom. The Bertz CT molecular complexity index is 660. The molecule has 1 atom stereocenters. The third-order valence-electron chi connectivity index (χ3n) is 4.34. The van der Waals surface area contributed by atoms with Gasteiger partial charge in [0.1, 0.15) is 5.75 Å². The van der Waals surface area contributed by atoms with Crippen molar-refractivity contribution in [3.63, 3.8) is 0 Å². The molecule has 1 heterocycles. The number of sulfonamides is 1.